The van der Waals surface area contributed by atoms with Gasteiger partial charge in [0, 0.05) is 0 Å². The third-order valence-corrected chi connectivity index (χ3v) is 12.6. The molecule has 0 spiro atoms. The monoisotopic (exact) mass is 502 g/mol. The van der Waals surface area contributed by atoms with E-state index in [2.05, 4.69) is 133 Å². The number of rotatable bonds is 8. The molecule has 0 saturated heterocycles. The number of allylic oxidation sites excluding steroid dienone is 4. The Bertz CT molecular complexity index is 1140. The number of hydrogen-bond acceptors (Lipinski definition) is 0. The highest BCUT2D eigenvalue weighted by Gasteiger charge is 2.32. The van der Waals surface area contributed by atoms with Gasteiger partial charge in [0.25, 0.3) is 0 Å². The normalized spacial score (nSPS) is 18.8. The molecule has 178 valence electrons. The van der Waals surface area contributed by atoms with Gasteiger partial charge in [0.1, 0.15) is 0 Å². The zero-order valence-corrected chi connectivity index (χ0v) is 22.4. The summed E-state index contributed by atoms with van der Waals surface area (Å²) in [5, 5.41) is 5.95. The van der Waals surface area contributed by atoms with Crippen molar-refractivity contribution in [2.75, 3.05) is 12.3 Å². The quantitative estimate of drug-likeness (QED) is 0.177. The molecule has 0 nitrogen and oxygen atoms in total. The maximum atomic E-state index is 2.67. The van der Waals surface area contributed by atoms with Crippen molar-refractivity contribution >= 4 is 37.1 Å². The van der Waals surface area contributed by atoms with Gasteiger partial charge in [-0.2, -0.15) is 0 Å². The van der Waals surface area contributed by atoms with E-state index in [1.165, 1.54) is 46.4 Å². The van der Waals surface area contributed by atoms with Crippen LogP contribution < -0.4 is 21.2 Å². The maximum absolute atomic E-state index is 2.67. The van der Waals surface area contributed by atoms with Crippen molar-refractivity contribution in [3.8, 4) is 0 Å². The Balaban J connectivity index is 1.26. The van der Waals surface area contributed by atoms with Crippen molar-refractivity contribution in [1.29, 1.82) is 0 Å². The van der Waals surface area contributed by atoms with E-state index in [-0.39, 0.29) is 15.8 Å². The predicted octanol–water partition coefficient (Wildman–Crippen LogP) is 7.14. The second kappa shape index (κ2) is 11.1. The summed E-state index contributed by atoms with van der Waals surface area (Å²) in [4.78, 5) is 0. The third-order valence-electron chi connectivity index (χ3n) is 7.52. The molecule has 0 radical (unpaired) electrons. The van der Waals surface area contributed by atoms with Gasteiger partial charge in [0.2, 0.25) is 0 Å². The van der Waals surface area contributed by atoms with Crippen LogP contribution in [0.2, 0.25) is 0 Å². The summed E-state index contributed by atoms with van der Waals surface area (Å²) in [5.41, 5.74) is 3.36. The van der Waals surface area contributed by atoms with Crippen LogP contribution in [0.4, 0.5) is 0 Å². The molecule has 4 aromatic carbocycles. The first-order valence-electron chi connectivity index (χ1n) is 13.0. The van der Waals surface area contributed by atoms with Crippen LogP contribution in [0.25, 0.3) is 0 Å². The van der Waals surface area contributed by atoms with Gasteiger partial charge in [-0.05, 0) is 74.1 Å². The number of benzene rings is 4. The minimum Gasteiger partial charge on any atom is -0.0772 e. The molecule has 1 unspecified atom stereocenters. The zero-order valence-electron chi connectivity index (χ0n) is 20.6. The first kappa shape index (κ1) is 23.6. The highest BCUT2D eigenvalue weighted by molar-refractivity contribution is 7.73. The van der Waals surface area contributed by atoms with E-state index in [0.717, 1.165) is 0 Å². The van der Waals surface area contributed by atoms with Crippen LogP contribution in [0, 0.1) is 11.8 Å². The molecular weight excluding hydrogens is 470 g/mol. The first-order valence-corrected chi connectivity index (χ1v) is 16.1. The average molecular weight is 503 g/mol. The van der Waals surface area contributed by atoms with Gasteiger partial charge in [-0.1, -0.05) is 145 Å². The Morgan fingerprint density at radius 3 is 0.944 bits per heavy atom. The fourth-order valence-corrected chi connectivity index (χ4v) is 10.5. The SMILES string of the molecule is C1=C(CP(c2ccccc2)c2ccccc2)C2C=C(CP(c3ccccc3)c3ccccc3)[C@@H]1CC2. The lowest BCUT2D eigenvalue weighted by molar-refractivity contribution is 0.485. The Kier molecular flexibility index (Phi) is 7.27. The van der Waals surface area contributed by atoms with E-state index < -0.39 is 0 Å². The van der Waals surface area contributed by atoms with E-state index in [4.69, 9.17) is 0 Å². The van der Waals surface area contributed by atoms with Gasteiger partial charge in [-0.15, -0.1) is 0 Å². The molecule has 0 saturated carbocycles. The summed E-state index contributed by atoms with van der Waals surface area (Å²) >= 11 is 0. The van der Waals surface area contributed by atoms with Gasteiger partial charge < -0.3 is 0 Å². The summed E-state index contributed by atoms with van der Waals surface area (Å²) in [7, 11) is -0.765. The summed E-state index contributed by atoms with van der Waals surface area (Å²) in [6, 6.07) is 44.7. The Labute approximate surface area is 218 Å². The smallest absolute Gasteiger partial charge is 0.00160 e. The van der Waals surface area contributed by atoms with E-state index in [1.807, 2.05) is 0 Å². The molecule has 0 aliphatic heterocycles. The van der Waals surface area contributed by atoms with Crippen molar-refractivity contribution in [2.24, 2.45) is 11.8 Å². The molecule has 2 heteroatoms. The van der Waals surface area contributed by atoms with Crippen LogP contribution in [0.15, 0.2) is 145 Å². The zero-order chi connectivity index (χ0) is 24.2. The third kappa shape index (κ3) is 5.18. The van der Waals surface area contributed by atoms with Crippen LogP contribution in [0.1, 0.15) is 12.8 Å². The van der Waals surface area contributed by atoms with E-state index in [0.29, 0.717) is 11.8 Å². The Hall–Kier alpha value is -2.78. The van der Waals surface area contributed by atoms with Crippen LogP contribution in [0.3, 0.4) is 0 Å². The molecule has 0 amide bonds. The molecule has 0 N–H and O–H groups in total. The molecule has 2 bridgehead atoms. The summed E-state index contributed by atoms with van der Waals surface area (Å²) in [6.07, 6.45) is 10.3. The standard InChI is InChI=1S/C34H32P2/c1-5-13-31(14-6-1)35(32-15-7-2-8-16-32)25-29-23-28-22-21-27(29)24-30(28)26-36(33-17-9-3-10-18-33)34-19-11-4-12-20-34/h1-20,23-24,27-28H,21-22,25-26H2/t27-,28?/m1/s1. The van der Waals surface area contributed by atoms with Crippen molar-refractivity contribution in [1.82, 2.24) is 0 Å². The molecule has 4 aromatic rings. The van der Waals surface area contributed by atoms with Crippen molar-refractivity contribution in [3.05, 3.63) is 145 Å². The molecule has 7 rings (SSSR count). The summed E-state index contributed by atoms with van der Waals surface area (Å²) < 4.78 is 0. The Morgan fingerprint density at radius 1 is 0.417 bits per heavy atom. The van der Waals surface area contributed by atoms with Gasteiger partial charge in [-0.3, -0.25) is 0 Å². The van der Waals surface area contributed by atoms with Crippen molar-refractivity contribution in [3.63, 3.8) is 0 Å². The molecule has 0 aromatic heterocycles. The highest BCUT2D eigenvalue weighted by Crippen LogP contribution is 2.48. The summed E-state index contributed by atoms with van der Waals surface area (Å²) in [6.45, 7) is 0. The molecule has 3 aliphatic carbocycles. The van der Waals surface area contributed by atoms with E-state index in [1.54, 1.807) is 11.1 Å². The minimum atomic E-state index is -0.382. The maximum Gasteiger partial charge on any atom is -0.00160 e. The molecule has 0 fully saturated rings. The van der Waals surface area contributed by atoms with E-state index in [9.17, 15) is 0 Å². The predicted molar refractivity (Wildman–Crippen MR) is 160 cm³/mol. The van der Waals surface area contributed by atoms with Crippen molar-refractivity contribution in [2.45, 2.75) is 12.8 Å². The van der Waals surface area contributed by atoms with Gasteiger partial charge in [0.05, 0.1) is 0 Å². The van der Waals surface area contributed by atoms with Gasteiger partial charge in [-0.25, -0.2) is 0 Å². The molecule has 0 heterocycles. The lowest BCUT2D eigenvalue weighted by Crippen LogP contribution is -2.27. The Morgan fingerprint density at radius 2 is 0.694 bits per heavy atom. The first-order chi connectivity index (χ1) is 17.8. The fraction of sp³-hybridized carbons (Fsp3) is 0.176. The number of hydrogen-bond donors (Lipinski definition) is 0. The van der Waals surface area contributed by atoms with Gasteiger partial charge >= 0.3 is 0 Å². The average Bonchev–Trinajstić information content (AvgIpc) is 2.97. The molecule has 3 aliphatic rings. The van der Waals surface area contributed by atoms with Crippen molar-refractivity contribution < 1.29 is 0 Å². The fourth-order valence-electron chi connectivity index (χ4n) is 5.67. The molecule has 36 heavy (non-hydrogen) atoms. The topological polar surface area (TPSA) is 0 Å². The molecular formula is C34H32P2. The number of fused-ring (bicyclic) bond motifs is 1. The van der Waals surface area contributed by atoms with Crippen LogP contribution in [0.5, 0.6) is 0 Å². The summed E-state index contributed by atoms with van der Waals surface area (Å²) in [5.74, 6) is 1.21. The lowest BCUT2D eigenvalue weighted by Gasteiger charge is -2.38. The van der Waals surface area contributed by atoms with Crippen LogP contribution in [-0.2, 0) is 0 Å². The second-order valence-electron chi connectivity index (χ2n) is 9.79. The lowest BCUT2D eigenvalue weighted by atomic mass is 9.73. The van der Waals surface area contributed by atoms with E-state index >= 15 is 0 Å². The molecule has 2 atom stereocenters. The van der Waals surface area contributed by atoms with Gasteiger partial charge in [0.15, 0.2) is 0 Å². The van der Waals surface area contributed by atoms with Crippen LogP contribution >= 0.6 is 15.8 Å². The second-order valence-corrected chi connectivity index (χ2v) is 14.2. The largest absolute Gasteiger partial charge is 0.0772 e. The minimum absolute atomic E-state index is 0.382. The highest BCUT2D eigenvalue weighted by atomic mass is 31.1. The van der Waals surface area contributed by atoms with Crippen LogP contribution in [-0.4, -0.2) is 12.3 Å².